The van der Waals surface area contributed by atoms with Crippen LogP contribution in [0.15, 0.2) is 30.3 Å². The fraction of sp³-hybridized carbons (Fsp3) is 0.625. The molecule has 0 saturated carbocycles. The van der Waals surface area contributed by atoms with Crippen molar-refractivity contribution in [1.29, 1.82) is 0 Å². The Morgan fingerprint density at radius 3 is 2.50 bits per heavy atom. The van der Waals surface area contributed by atoms with Gasteiger partial charge in [-0.3, -0.25) is 4.90 Å². The van der Waals surface area contributed by atoms with E-state index in [1.54, 1.807) is 0 Å². The smallest absolute Gasteiger partial charge is 0.0322 e. The minimum atomic E-state index is 0.515. The summed E-state index contributed by atoms with van der Waals surface area (Å²) < 4.78 is 0. The minimum Gasteiger partial charge on any atom is -0.317 e. The molecule has 1 heterocycles. The van der Waals surface area contributed by atoms with Crippen LogP contribution in [0.2, 0.25) is 0 Å². The molecule has 2 heteroatoms. The van der Waals surface area contributed by atoms with Gasteiger partial charge in [0.15, 0.2) is 0 Å². The Morgan fingerprint density at radius 1 is 1.22 bits per heavy atom. The monoisotopic (exact) mass is 246 g/mol. The molecule has 4 unspecified atom stereocenters. The average Bonchev–Trinajstić information content (AvgIpc) is 2.42. The third-order valence-electron chi connectivity index (χ3n) is 4.77. The number of nitrogens with zero attached hydrogens (tertiary/aromatic N) is 1. The molecular weight excluding hydrogens is 220 g/mol. The van der Waals surface area contributed by atoms with Crippen LogP contribution in [0.4, 0.5) is 0 Å². The SMILES string of the molecule is CNC1CCN(C(C)c2ccccc2)C(C)C1C. The molecule has 0 spiro atoms. The summed E-state index contributed by atoms with van der Waals surface area (Å²) in [6.07, 6.45) is 1.25. The molecular formula is C16H26N2. The summed E-state index contributed by atoms with van der Waals surface area (Å²) in [5.41, 5.74) is 1.43. The van der Waals surface area contributed by atoms with Crippen LogP contribution in [0.3, 0.4) is 0 Å². The van der Waals surface area contributed by atoms with Gasteiger partial charge in [0.1, 0.15) is 0 Å². The molecule has 2 rings (SSSR count). The highest BCUT2D eigenvalue weighted by Gasteiger charge is 2.33. The summed E-state index contributed by atoms with van der Waals surface area (Å²) in [6.45, 7) is 8.26. The second-order valence-electron chi connectivity index (χ2n) is 5.61. The highest BCUT2D eigenvalue weighted by atomic mass is 15.2. The van der Waals surface area contributed by atoms with Crippen molar-refractivity contribution in [1.82, 2.24) is 10.2 Å². The van der Waals surface area contributed by atoms with E-state index in [0.717, 1.165) is 0 Å². The standard InChI is InChI=1S/C16H26N2/c1-12-13(2)18(11-10-16(12)17-4)14(3)15-8-6-5-7-9-15/h5-9,12-14,16-17H,10-11H2,1-4H3. The third kappa shape index (κ3) is 2.60. The largest absolute Gasteiger partial charge is 0.317 e. The fourth-order valence-electron chi connectivity index (χ4n) is 3.27. The first-order chi connectivity index (χ1) is 8.65. The van der Waals surface area contributed by atoms with Crippen molar-refractivity contribution >= 4 is 0 Å². The molecule has 4 atom stereocenters. The van der Waals surface area contributed by atoms with Gasteiger partial charge in [0.2, 0.25) is 0 Å². The predicted octanol–water partition coefficient (Wildman–Crippen LogP) is 3.07. The zero-order chi connectivity index (χ0) is 13.1. The van der Waals surface area contributed by atoms with Crippen molar-refractivity contribution in [3.63, 3.8) is 0 Å². The molecule has 1 aliphatic rings. The van der Waals surface area contributed by atoms with Gasteiger partial charge in [-0.25, -0.2) is 0 Å². The summed E-state index contributed by atoms with van der Waals surface area (Å²) in [5, 5.41) is 3.46. The average molecular weight is 246 g/mol. The van der Waals surface area contributed by atoms with Gasteiger partial charge in [0.25, 0.3) is 0 Å². The summed E-state index contributed by atoms with van der Waals surface area (Å²) in [5.74, 6) is 0.704. The van der Waals surface area contributed by atoms with Gasteiger partial charge in [-0.15, -0.1) is 0 Å². The predicted molar refractivity (Wildman–Crippen MR) is 77.7 cm³/mol. The van der Waals surface area contributed by atoms with Gasteiger partial charge >= 0.3 is 0 Å². The lowest BCUT2D eigenvalue weighted by Crippen LogP contribution is -2.53. The third-order valence-corrected chi connectivity index (χ3v) is 4.77. The van der Waals surface area contributed by atoms with E-state index < -0.39 is 0 Å². The van der Waals surface area contributed by atoms with E-state index in [0.29, 0.717) is 24.0 Å². The van der Waals surface area contributed by atoms with E-state index in [1.807, 2.05) is 0 Å². The maximum atomic E-state index is 3.46. The van der Waals surface area contributed by atoms with Gasteiger partial charge in [-0.05, 0) is 38.8 Å². The second kappa shape index (κ2) is 5.85. The molecule has 0 amide bonds. The van der Waals surface area contributed by atoms with Crippen LogP contribution in [-0.2, 0) is 0 Å². The number of hydrogen-bond acceptors (Lipinski definition) is 2. The quantitative estimate of drug-likeness (QED) is 0.882. The maximum absolute atomic E-state index is 3.46. The zero-order valence-corrected chi connectivity index (χ0v) is 12.1. The lowest BCUT2D eigenvalue weighted by atomic mass is 9.85. The summed E-state index contributed by atoms with van der Waals surface area (Å²) in [7, 11) is 2.09. The molecule has 1 aliphatic heterocycles. The van der Waals surface area contributed by atoms with Crippen LogP contribution < -0.4 is 5.32 Å². The van der Waals surface area contributed by atoms with Gasteiger partial charge in [-0.2, -0.15) is 0 Å². The molecule has 1 saturated heterocycles. The van der Waals surface area contributed by atoms with Crippen LogP contribution in [0.5, 0.6) is 0 Å². The van der Waals surface area contributed by atoms with E-state index >= 15 is 0 Å². The highest BCUT2D eigenvalue weighted by molar-refractivity contribution is 5.18. The molecule has 0 radical (unpaired) electrons. The van der Waals surface area contributed by atoms with Crippen molar-refractivity contribution in [3.05, 3.63) is 35.9 Å². The number of benzene rings is 1. The number of piperidine rings is 1. The Balaban J connectivity index is 2.10. The van der Waals surface area contributed by atoms with Crippen molar-refractivity contribution in [2.45, 2.75) is 45.3 Å². The van der Waals surface area contributed by atoms with Crippen LogP contribution >= 0.6 is 0 Å². The van der Waals surface area contributed by atoms with Gasteiger partial charge in [0, 0.05) is 24.7 Å². The van der Waals surface area contributed by atoms with Crippen LogP contribution in [0, 0.1) is 5.92 Å². The molecule has 1 N–H and O–H groups in total. The molecule has 0 aromatic heterocycles. The molecule has 18 heavy (non-hydrogen) atoms. The highest BCUT2D eigenvalue weighted by Crippen LogP contribution is 2.31. The molecule has 0 aliphatic carbocycles. The summed E-state index contributed by atoms with van der Waals surface area (Å²) >= 11 is 0. The number of likely N-dealkylation sites (tertiary alicyclic amines) is 1. The van der Waals surface area contributed by atoms with Crippen molar-refractivity contribution < 1.29 is 0 Å². The van der Waals surface area contributed by atoms with Gasteiger partial charge in [0.05, 0.1) is 0 Å². The van der Waals surface area contributed by atoms with Crippen molar-refractivity contribution in [3.8, 4) is 0 Å². The Morgan fingerprint density at radius 2 is 1.89 bits per heavy atom. The molecule has 100 valence electrons. The maximum Gasteiger partial charge on any atom is 0.0322 e. The molecule has 1 aromatic rings. The van der Waals surface area contributed by atoms with E-state index in [9.17, 15) is 0 Å². The van der Waals surface area contributed by atoms with E-state index in [1.165, 1.54) is 18.5 Å². The van der Waals surface area contributed by atoms with Crippen molar-refractivity contribution in [2.75, 3.05) is 13.6 Å². The molecule has 0 bridgehead atoms. The fourth-order valence-corrected chi connectivity index (χ4v) is 3.27. The normalized spacial score (nSPS) is 31.2. The van der Waals surface area contributed by atoms with E-state index in [4.69, 9.17) is 0 Å². The molecule has 1 fully saturated rings. The van der Waals surface area contributed by atoms with Gasteiger partial charge < -0.3 is 5.32 Å². The van der Waals surface area contributed by atoms with Crippen molar-refractivity contribution in [2.24, 2.45) is 5.92 Å². The number of rotatable bonds is 3. The Labute approximate surface area is 111 Å². The number of nitrogens with one attached hydrogen (secondary N) is 1. The Hall–Kier alpha value is -0.860. The Kier molecular flexibility index (Phi) is 4.41. The molecule has 1 aromatic carbocycles. The summed E-state index contributed by atoms with van der Waals surface area (Å²) in [6, 6.07) is 12.7. The van der Waals surface area contributed by atoms with E-state index in [2.05, 4.69) is 68.4 Å². The number of hydrogen-bond donors (Lipinski definition) is 1. The van der Waals surface area contributed by atoms with Crippen LogP contribution in [0.1, 0.15) is 38.8 Å². The van der Waals surface area contributed by atoms with Gasteiger partial charge in [-0.1, -0.05) is 37.3 Å². The first-order valence-corrected chi connectivity index (χ1v) is 7.13. The lowest BCUT2D eigenvalue weighted by Gasteiger charge is -2.45. The first kappa shape index (κ1) is 13.6. The first-order valence-electron chi connectivity index (χ1n) is 7.13. The Bertz CT molecular complexity index is 363. The summed E-state index contributed by atoms with van der Waals surface area (Å²) in [4.78, 5) is 2.65. The zero-order valence-electron chi connectivity index (χ0n) is 12.1. The van der Waals surface area contributed by atoms with Crippen LogP contribution in [0.25, 0.3) is 0 Å². The minimum absolute atomic E-state index is 0.515. The second-order valence-corrected chi connectivity index (χ2v) is 5.61. The topological polar surface area (TPSA) is 15.3 Å². The van der Waals surface area contributed by atoms with E-state index in [-0.39, 0.29) is 0 Å². The van der Waals surface area contributed by atoms with Crippen LogP contribution in [-0.4, -0.2) is 30.6 Å². The molecule has 2 nitrogen and oxygen atoms in total. The lowest BCUT2D eigenvalue weighted by molar-refractivity contribution is 0.0545.